The minimum absolute atomic E-state index is 0.186. The zero-order valence-corrected chi connectivity index (χ0v) is 14.3. The van der Waals surface area contributed by atoms with Crippen LogP contribution in [0.5, 0.6) is 0 Å². The van der Waals surface area contributed by atoms with Gasteiger partial charge >= 0.3 is 0 Å². The highest BCUT2D eigenvalue weighted by atomic mass is 79.9. The van der Waals surface area contributed by atoms with Crippen molar-refractivity contribution in [3.05, 3.63) is 57.6 Å². The van der Waals surface area contributed by atoms with Crippen LogP contribution in [0.4, 0.5) is 5.69 Å². The quantitative estimate of drug-likeness (QED) is 0.869. The van der Waals surface area contributed by atoms with Crippen LogP contribution in [0.25, 0.3) is 0 Å². The fourth-order valence-electron chi connectivity index (χ4n) is 1.94. The third-order valence-corrected chi connectivity index (χ3v) is 5.73. The average molecular weight is 369 g/mol. The molecule has 0 saturated carbocycles. The Morgan fingerprint density at radius 2 is 1.90 bits per heavy atom. The first kappa shape index (κ1) is 16.0. The molecule has 0 aliphatic carbocycles. The summed E-state index contributed by atoms with van der Waals surface area (Å²) >= 11 is 3.28. The van der Waals surface area contributed by atoms with E-state index in [1.54, 1.807) is 24.3 Å². The van der Waals surface area contributed by atoms with Gasteiger partial charge in [0.2, 0.25) is 0 Å². The number of sulfonamides is 1. The van der Waals surface area contributed by atoms with E-state index in [1.165, 1.54) is 0 Å². The van der Waals surface area contributed by atoms with Crippen molar-refractivity contribution in [2.24, 2.45) is 5.73 Å². The molecule has 2 rings (SSSR count). The topological polar surface area (TPSA) is 72.2 Å². The van der Waals surface area contributed by atoms with Crippen molar-refractivity contribution in [2.75, 3.05) is 4.72 Å². The van der Waals surface area contributed by atoms with E-state index in [9.17, 15) is 8.42 Å². The molecule has 0 unspecified atom stereocenters. The molecular formula is C15H17BrN2O2S. The Hall–Kier alpha value is -1.37. The molecule has 6 heteroatoms. The number of aryl methyl sites for hydroxylation is 1. The highest BCUT2D eigenvalue weighted by Gasteiger charge is 2.19. The summed E-state index contributed by atoms with van der Waals surface area (Å²) in [6.07, 6.45) is 0. The molecule has 21 heavy (non-hydrogen) atoms. The molecule has 2 aromatic rings. The number of anilines is 1. The van der Waals surface area contributed by atoms with Crippen LogP contribution in [0.2, 0.25) is 0 Å². The summed E-state index contributed by atoms with van der Waals surface area (Å²) in [7, 11) is -3.67. The Morgan fingerprint density at radius 3 is 2.57 bits per heavy atom. The van der Waals surface area contributed by atoms with E-state index < -0.39 is 10.0 Å². The van der Waals surface area contributed by atoms with E-state index in [2.05, 4.69) is 20.7 Å². The Balaban J connectivity index is 2.46. The van der Waals surface area contributed by atoms with E-state index in [4.69, 9.17) is 5.73 Å². The maximum Gasteiger partial charge on any atom is 0.263 e. The van der Waals surface area contributed by atoms with E-state index in [1.807, 2.05) is 26.0 Å². The summed E-state index contributed by atoms with van der Waals surface area (Å²) in [6.45, 7) is 4.12. The second-order valence-electron chi connectivity index (χ2n) is 4.82. The minimum Gasteiger partial charge on any atom is -0.326 e. The molecule has 0 fully saturated rings. The third kappa shape index (κ3) is 3.45. The number of benzene rings is 2. The fraction of sp³-hybridized carbons (Fsp3) is 0.200. The lowest BCUT2D eigenvalue weighted by molar-refractivity contribution is 0.600. The molecule has 0 aromatic heterocycles. The molecule has 0 aliphatic heterocycles. The van der Waals surface area contributed by atoms with Gasteiger partial charge in [-0.2, -0.15) is 0 Å². The fourth-order valence-corrected chi connectivity index (χ4v) is 4.08. The normalized spacial score (nSPS) is 11.4. The summed E-state index contributed by atoms with van der Waals surface area (Å²) in [5, 5.41) is 0. The van der Waals surface area contributed by atoms with Crippen LogP contribution in [0.1, 0.15) is 16.7 Å². The van der Waals surface area contributed by atoms with Crippen molar-refractivity contribution in [1.82, 2.24) is 0 Å². The molecule has 112 valence electrons. The zero-order chi connectivity index (χ0) is 15.6. The number of nitrogens with two attached hydrogens (primary N) is 1. The third-order valence-electron chi connectivity index (χ3n) is 3.37. The van der Waals surface area contributed by atoms with Crippen LogP contribution in [-0.2, 0) is 16.6 Å². The number of hydrogen-bond donors (Lipinski definition) is 2. The van der Waals surface area contributed by atoms with Crippen LogP contribution in [0.15, 0.2) is 45.8 Å². The van der Waals surface area contributed by atoms with Gasteiger partial charge in [0, 0.05) is 11.0 Å². The molecule has 0 amide bonds. The van der Waals surface area contributed by atoms with E-state index >= 15 is 0 Å². The zero-order valence-electron chi connectivity index (χ0n) is 11.9. The second kappa shape index (κ2) is 6.17. The highest BCUT2D eigenvalue weighted by Crippen LogP contribution is 2.27. The summed E-state index contributed by atoms with van der Waals surface area (Å²) in [6, 6.07) is 10.6. The van der Waals surface area contributed by atoms with E-state index in [0.29, 0.717) is 16.7 Å². The molecule has 0 atom stereocenters. The SMILES string of the molecule is Cc1cccc(NS(=O)(=O)c2cc(CN)ccc2Br)c1C. The second-order valence-corrected chi connectivity index (χ2v) is 7.33. The predicted molar refractivity (Wildman–Crippen MR) is 88.8 cm³/mol. The predicted octanol–water partition coefficient (Wildman–Crippen LogP) is 3.33. The summed E-state index contributed by atoms with van der Waals surface area (Å²) < 4.78 is 28.3. The smallest absolute Gasteiger partial charge is 0.263 e. The first-order valence-electron chi connectivity index (χ1n) is 6.42. The van der Waals surface area contributed by atoms with Gasteiger partial charge in [-0.15, -0.1) is 0 Å². The molecule has 2 aromatic carbocycles. The first-order valence-corrected chi connectivity index (χ1v) is 8.70. The van der Waals surface area contributed by atoms with Gasteiger partial charge in [0.05, 0.1) is 5.69 Å². The van der Waals surface area contributed by atoms with E-state index in [-0.39, 0.29) is 4.90 Å². The molecule has 4 nitrogen and oxygen atoms in total. The van der Waals surface area contributed by atoms with Crippen LogP contribution in [-0.4, -0.2) is 8.42 Å². The lowest BCUT2D eigenvalue weighted by Crippen LogP contribution is -2.15. The van der Waals surface area contributed by atoms with Crippen LogP contribution < -0.4 is 10.5 Å². The molecule has 0 radical (unpaired) electrons. The van der Waals surface area contributed by atoms with Crippen molar-refractivity contribution in [3.8, 4) is 0 Å². The first-order chi connectivity index (χ1) is 9.85. The van der Waals surface area contributed by atoms with Gasteiger partial charge in [-0.1, -0.05) is 18.2 Å². The summed E-state index contributed by atoms with van der Waals surface area (Å²) in [5.41, 5.74) is 8.87. The molecule has 3 N–H and O–H groups in total. The number of rotatable bonds is 4. The van der Waals surface area contributed by atoms with E-state index in [0.717, 1.165) is 16.7 Å². The van der Waals surface area contributed by atoms with Crippen LogP contribution in [0.3, 0.4) is 0 Å². The van der Waals surface area contributed by atoms with Gasteiger partial charge in [0.25, 0.3) is 10.0 Å². The van der Waals surface area contributed by atoms with Gasteiger partial charge < -0.3 is 5.73 Å². The molecular weight excluding hydrogens is 352 g/mol. The average Bonchev–Trinajstić information content (AvgIpc) is 2.44. The van der Waals surface area contributed by atoms with Crippen LogP contribution >= 0.6 is 15.9 Å². The Bertz CT molecular complexity index is 773. The standard InChI is InChI=1S/C15H17BrN2O2S/c1-10-4-3-5-14(11(10)2)18-21(19,20)15-8-12(9-17)6-7-13(15)16/h3-8,18H,9,17H2,1-2H3. The minimum atomic E-state index is -3.67. The van der Waals surface area contributed by atoms with Gasteiger partial charge in [-0.25, -0.2) is 8.42 Å². The number of nitrogens with one attached hydrogen (secondary N) is 1. The lowest BCUT2D eigenvalue weighted by atomic mass is 10.1. The Labute approximate surface area is 133 Å². The largest absolute Gasteiger partial charge is 0.326 e. The number of hydrogen-bond acceptors (Lipinski definition) is 3. The molecule has 0 heterocycles. The van der Waals surface area contributed by atoms with Crippen molar-refractivity contribution >= 4 is 31.6 Å². The monoisotopic (exact) mass is 368 g/mol. The van der Waals surface area contributed by atoms with Gasteiger partial charge in [0.15, 0.2) is 0 Å². The summed E-state index contributed by atoms with van der Waals surface area (Å²) in [4.78, 5) is 0.186. The van der Waals surface area contributed by atoms with Gasteiger partial charge in [0.1, 0.15) is 4.90 Å². The molecule has 0 saturated heterocycles. The number of halogens is 1. The van der Waals surface area contributed by atoms with Crippen molar-refractivity contribution in [1.29, 1.82) is 0 Å². The maximum atomic E-state index is 12.6. The van der Waals surface area contributed by atoms with Crippen molar-refractivity contribution in [2.45, 2.75) is 25.3 Å². The highest BCUT2D eigenvalue weighted by molar-refractivity contribution is 9.10. The molecule has 0 spiro atoms. The van der Waals surface area contributed by atoms with Crippen molar-refractivity contribution < 1.29 is 8.42 Å². The summed E-state index contributed by atoms with van der Waals surface area (Å²) in [5.74, 6) is 0. The maximum absolute atomic E-state index is 12.6. The Kier molecular flexibility index (Phi) is 4.70. The van der Waals surface area contributed by atoms with Crippen LogP contribution in [0, 0.1) is 13.8 Å². The molecule has 0 aliphatic rings. The molecule has 0 bridgehead atoms. The van der Waals surface area contributed by atoms with Gasteiger partial charge in [-0.05, 0) is 64.7 Å². The lowest BCUT2D eigenvalue weighted by Gasteiger charge is -2.13. The van der Waals surface area contributed by atoms with Gasteiger partial charge in [-0.3, -0.25) is 4.72 Å². The Morgan fingerprint density at radius 1 is 1.19 bits per heavy atom. The van der Waals surface area contributed by atoms with Crippen molar-refractivity contribution in [3.63, 3.8) is 0 Å².